The van der Waals surface area contributed by atoms with Gasteiger partial charge in [0.25, 0.3) is 0 Å². The smallest absolute Gasteiger partial charge is 0.143 e. The molecule has 0 N–H and O–H groups in total. The Morgan fingerprint density at radius 2 is 0.915 bits per heavy atom. The molecule has 10 aromatic carbocycles. The van der Waals surface area contributed by atoms with Gasteiger partial charge in [-0.05, 0) is 110 Å². The molecular formula is C56H35NOS. The molecule has 0 atom stereocenters. The standard InChI is InChI=1S/C56H35NOS/c1-3-16-44-36(11-1)13-8-19-45(44)38-25-30-41(31-26-38)57(43-15-7-14-40(35-43)47-21-10-24-53-55(47)49-18-5-6-23-52(49)59-53)42-32-27-39(28-33-42)46-20-9-22-51-54(46)50-34-29-37-12-2-4-17-48(37)56(50)58-51/h1-35H. The highest BCUT2D eigenvalue weighted by atomic mass is 32.1. The second-order valence-corrected chi connectivity index (χ2v) is 16.3. The number of thiophene rings is 1. The highest BCUT2D eigenvalue weighted by molar-refractivity contribution is 7.25. The fourth-order valence-electron chi connectivity index (χ4n) is 9.13. The van der Waals surface area contributed by atoms with Gasteiger partial charge in [0.15, 0.2) is 0 Å². The van der Waals surface area contributed by atoms with Gasteiger partial charge in [0.05, 0.1) is 0 Å². The summed E-state index contributed by atoms with van der Waals surface area (Å²) in [6.07, 6.45) is 0. The molecule has 0 saturated carbocycles. The number of rotatable bonds is 6. The average Bonchev–Trinajstić information content (AvgIpc) is 3.89. The molecule has 3 heteroatoms. The SMILES string of the molecule is c1cc(-c2cccc3sc4ccccc4c23)cc(N(c2ccc(-c3cccc4ccccc34)cc2)c2ccc(-c3cccc4oc5c6ccccc6ccc5c34)cc2)c1. The van der Waals surface area contributed by atoms with Crippen molar-refractivity contribution in [3.63, 3.8) is 0 Å². The predicted octanol–water partition coefficient (Wildman–Crippen LogP) is 16.7. The van der Waals surface area contributed by atoms with Crippen LogP contribution in [0, 0.1) is 0 Å². The van der Waals surface area contributed by atoms with E-state index in [9.17, 15) is 0 Å². The van der Waals surface area contributed by atoms with Crippen molar-refractivity contribution in [2.24, 2.45) is 0 Å². The normalized spacial score (nSPS) is 11.7. The molecule has 0 fully saturated rings. The van der Waals surface area contributed by atoms with Crippen LogP contribution in [0.1, 0.15) is 0 Å². The lowest BCUT2D eigenvalue weighted by atomic mass is 9.97. The molecule has 276 valence electrons. The van der Waals surface area contributed by atoms with E-state index < -0.39 is 0 Å². The molecule has 0 aliphatic carbocycles. The van der Waals surface area contributed by atoms with Crippen molar-refractivity contribution in [3.8, 4) is 33.4 Å². The zero-order valence-electron chi connectivity index (χ0n) is 32.0. The molecule has 0 aliphatic rings. The van der Waals surface area contributed by atoms with Gasteiger partial charge in [-0.1, -0.05) is 152 Å². The van der Waals surface area contributed by atoms with E-state index in [1.165, 1.54) is 58.6 Å². The average molecular weight is 770 g/mol. The van der Waals surface area contributed by atoms with Gasteiger partial charge in [-0.15, -0.1) is 11.3 Å². The van der Waals surface area contributed by atoms with Gasteiger partial charge < -0.3 is 9.32 Å². The topological polar surface area (TPSA) is 16.4 Å². The molecule has 0 radical (unpaired) electrons. The van der Waals surface area contributed by atoms with Gasteiger partial charge in [0.2, 0.25) is 0 Å². The first-order valence-corrected chi connectivity index (χ1v) is 20.9. The number of furan rings is 1. The first-order valence-electron chi connectivity index (χ1n) is 20.1. The molecule has 12 rings (SSSR count). The van der Waals surface area contributed by atoms with Crippen molar-refractivity contribution >= 4 is 92.1 Å². The van der Waals surface area contributed by atoms with Crippen LogP contribution in [0.4, 0.5) is 17.1 Å². The van der Waals surface area contributed by atoms with E-state index in [-0.39, 0.29) is 0 Å². The molecule has 0 saturated heterocycles. The summed E-state index contributed by atoms with van der Waals surface area (Å²) in [5, 5.41) is 9.71. The molecule has 0 unspecified atom stereocenters. The third-order valence-electron chi connectivity index (χ3n) is 11.9. The van der Waals surface area contributed by atoms with Gasteiger partial charge in [-0.25, -0.2) is 0 Å². The lowest BCUT2D eigenvalue weighted by Crippen LogP contribution is -2.10. The Kier molecular flexibility index (Phi) is 7.75. The van der Waals surface area contributed by atoms with E-state index in [1.54, 1.807) is 0 Å². The van der Waals surface area contributed by atoms with E-state index in [2.05, 4.69) is 217 Å². The van der Waals surface area contributed by atoms with Crippen molar-refractivity contribution in [2.45, 2.75) is 0 Å². The van der Waals surface area contributed by atoms with E-state index in [0.29, 0.717) is 0 Å². The Morgan fingerprint density at radius 3 is 1.71 bits per heavy atom. The Morgan fingerprint density at radius 1 is 0.339 bits per heavy atom. The maximum atomic E-state index is 6.56. The second kappa shape index (κ2) is 13.6. The van der Waals surface area contributed by atoms with Crippen LogP contribution in [-0.4, -0.2) is 0 Å². The lowest BCUT2D eigenvalue weighted by Gasteiger charge is -2.26. The minimum Gasteiger partial charge on any atom is -0.455 e. The summed E-state index contributed by atoms with van der Waals surface area (Å²) >= 11 is 1.86. The van der Waals surface area contributed by atoms with Gasteiger partial charge >= 0.3 is 0 Å². The number of nitrogens with zero attached hydrogens (tertiary/aromatic N) is 1. The molecule has 0 bridgehead atoms. The van der Waals surface area contributed by atoms with Crippen LogP contribution >= 0.6 is 11.3 Å². The highest BCUT2D eigenvalue weighted by Crippen LogP contribution is 2.44. The van der Waals surface area contributed by atoms with Crippen molar-refractivity contribution in [1.29, 1.82) is 0 Å². The van der Waals surface area contributed by atoms with Crippen LogP contribution in [0.5, 0.6) is 0 Å². The van der Waals surface area contributed by atoms with Gasteiger partial charge in [-0.2, -0.15) is 0 Å². The summed E-state index contributed by atoms with van der Waals surface area (Å²) in [6.45, 7) is 0. The van der Waals surface area contributed by atoms with E-state index in [0.717, 1.165) is 55.5 Å². The van der Waals surface area contributed by atoms with Crippen molar-refractivity contribution in [1.82, 2.24) is 0 Å². The molecule has 12 aromatic rings. The molecule has 0 aliphatic heterocycles. The fourth-order valence-corrected chi connectivity index (χ4v) is 10.3. The first kappa shape index (κ1) is 33.7. The van der Waals surface area contributed by atoms with E-state index in [1.807, 2.05) is 11.3 Å². The van der Waals surface area contributed by atoms with Gasteiger partial charge in [0.1, 0.15) is 11.2 Å². The molecule has 0 amide bonds. The number of hydrogen-bond acceptors (Lipinski definition) is 3. The van der Waals surface area contributed by atoms with E-state index >= 15 is 0 Å². The monoisotopic (exact) mass is 769 g/mol. The zero-order chi connectivity index (χ0) is 38.9. The van der Waals surface area contributed by atoms with Crippen LogP contribution < -0.4 is 4.90 Å². The minimum atomic E-state index is 0.899. The third-order valence-corrected chi connectivity index (χ3v) is 13.0. The third kappa shape index (κ3) is 5.55. The Hall–Kier alpha value is -7.46. The van der Waals surface area contributed by atoms with Crippen LogP contribution in [0.2, 0.25) is 0 Å². The maximum Gasteiger partial charge on any atom is 0.143 e. The van der Waals surface area contributed by atoms with Gasteiger partial charge in [-0.3, -0.25) is 0 Å². The molecule has 2 heterocycles. The summed E-state index contributed by atoms with van der Waals surface area (Å²) in [7, 11) is 0. The zero-order valence-corrected chi connectivity index (χ0v) is 32.8. The predicted molar refractivity (Wildman–Crippen MR) is 253 cm³/mol. The molecular weight excluding hydrogens is 735 g/mol. The number of benzene rings is 10. The lowest BCUT2D eigenvalue weighted by molar-refractivity contribution is 0.673. The maximum absolute atomic E-state index is 6.56. The summed E-state index contributed by atoms with van der Waals surface area (Å²) in [5.41, 5.74) is 12.3. The molecule has 2 aromatic heterocycles. The molecule has 2 nitrogen and oxygen atoms in total. The van der Waals surface area contributed by atoms with Crippen molar-refractivity contribution < 1.29 is 4.42 Å². The summed E-state index contributed by atoms with van der Waals surface area (Å²) < 4.78 is 9.17. The second-order valence-electron chi connectivity index (χ2n) is 15.2. The van der Waals surface area contributed by atoms with Gasteiger partial charge in [0, 0.05) is 53.4 Å². The molecule has 59 heavy (non-hydrogen) atoms. The van der Waals surface area contributed by atoms with Crippen molar-refractivity contribution in [2.75, 3.05) is 4.90 Å². The summed E-state index contributed by atoms with van der Waals surface area (Å²) in [6, 6.07) is 76.9. The van der Waals surface area contributed by atoms with Crippen LogP contribution in [0.15, 0.2) is 217 Å². The Labute approximate surface area is 345 Å². The number of hydrogen-bond donors (Lipinski definition) is 0. The first-order chi connectivity index (χ1) is 29.2. The molecule has 0 spiro atoms. The highest BCUT2D eigenvalue weighted by Gasteiger charge is 2.19. The van der Waals surface area contributed by atoms with E-state index in [4.69, 9.17) is 4.42 Å². The van der Waals surface area contributed by atoms with Crippen LogP contribution in [0.25, 0.3) is 97.0 Å². The number of anilines is 3. The Balaban J connectivity index is 0.997. The Bertz CT molecular complexity index is 3550. The van der Waals surface area contributed by atoms with Crippen LogP contribution in [-0.2, 0) is 0 Å². The number of fused-ring (bicyclic) bond motifs is 9. The summed E-state index contributed by atoms with van der Waals surface area (Å²) in [5.74, 6) is 0. The minimum absolute atomic E-state index is 0.899. The van der Waals surface area contributed by atoms with Crippen molar-refractivity contribution in [3.05, 3.63) is 212 Å². The fraction of sp³-hybridized carbons (Fsp3) is 0. The van der Waals surface area contributed by atoms with Crippen LogP contribution in [0.3, 0.4) is 0 Å². The summed E-state index contributed by atoms with van der Waals surface area (Å²) in [4.78, 5) is 2.38. The quantitative estimate of drug-likeness (QED) is 0.167. The largest absolute Gasteiger partial charge is 0.455 e.